The summed E-state index contributed by atoms with van der Waals surface area (Å²) in [6.07, 6.45) is 1.60. The zero-order valence-corrected chi connectivity index (χ0v) is 21.0. The molecule has 8 nitrogen and oxygen atoms in total. The van der Waals surface area contributed by atoms with Crippen molar-refractivity contribution in [2.24, 2.45) is 0 Å². The number of hydrogen-bond acceptors (Lipinski definition) is 6. The second-order valence-corrected chi connectivity index (χ2v) is 8.48. The van der Waals surface area contributed by atoms with Gasteiger partial charge in [0.15, 0.2) is 0 Å². The maximum Gasteiger partial charge on any atom is 0.346 e. The number of rotatable bonds is 10. The van der Waals surface area contributed by atoms with Gasteiger partial charge in [-0.25, -0.2) is 14.5 Å². The molecule has 3 heterocycles. The minimum Gasteiger partial charge on any atom is -0.492 e. The van der Waals surface area contributed by atoms with E-state index in [1.807, 2.05) is 49.4 Å². The quantitative estimate of drug-likeness (QED) is 0.392. The topological polar surface area (TPSA) is 68.4 Å². The molecule has 0 bridgehead atoms. The molecule has 1 saturated heterocycles. The Morgan fingerprint density at radius 2 is 1.74 bits per heavy atom. The first-order valence-corrected chi connectivity index (χ1v) is 12.0. The molecular formula is C24H32Cl2N6O2. The number of ether oxygens (including phenoxy) is 1. The van der Waals surface area contributed by atoms with E-state index in [0.29, 0.717) is 31.3 Å². The summed E-state index contributed by atoms with van der Waals surface area (Å²) in [5.74, 6) is 2.55. The van der Waals surface area contributed by atoms with E-state index in [1.165, 1.54) is 0 Å². The summed E-state index contributed by atoms with van der Waals surface area (Å²) in [4.78, 5) is 22.0. The van der Waals surface area contributed by atoms with Gasteiger partial charge in [0.25, 0.3) is 0 Å². The number of para-hydroxylation sites is 1. The Labute approximate surface area is 211 Å². The molecule has 1 aliphatic heterocycles. The van der Waals surface area contributed by atoms with E-state index in [0.717, 1.165) is 56.5 Å². The number of pyridine rings is 1. The average molecular weight is 507 g/mol. The fourth-order valence-electron chi connectivity index (χ4n) is 4.11. The van der Waals surface area contributed by atoms with Crippen molar-refractivity contribution in [2.45, 2.75) is 32.9 Å². The predicted octanol–water partition coefficient (Wildman–Crippen LogP) is 3.37. The van der Waals surface area contributed by atoms with E-state index in [1.54, 1.807) is 15.3 Å². The smallest absolute Gasteiger partial charge is 0.346 e. The number of hydrogen-bond donors (Lipinski definition) is 0. The van der Waals surface area contributed by atoms with Gasteiger partial charge in [-0.1, -0.05) is 42.8 Å². The van der Waals surface area contributed by atoms with Crippen LogP contribution in [0.2, 0.25) is 5.15 Å². The van der Waals surface area contributed by atoms with Crippen LogP contribution >= 0.6 is 24.0 Å². The first-order valence-electron chi connectivity index (χ1n) is 11.6. The third kappa shape index (κ3) is 6.74. The number of piperazine rings is 1. The van der Waals surface area contributed by atoms with Gasteiger partial charge in [-0.3, -0.25) is 9.47 Å². The fraction of sp³-hybridized carbons (Fsp3) is 0.458. The van der Waals surface area contributed by atoms with E-state index < -0.39 is 0 Å². The SMILES string of the molecule is CCc1nn(CCCN2CCN(c3cccc(Cl)n3)CC2)c(=O)n1CCOc1ccccc1.Cl. The molecule has 1 aliphatic rings. The molecule has 34 heavy (non-hydrogen) atoms. The van der Waals surface area contributed by atoms with Gasteiger partial charge in [-0.2, -0.15) is 5.10 Å². The van der Waals surface area contributed by atoms with E-state index in [2.05, 4.69) is 19.9 Å². The lowest BCUT2D eigenvalue weighted by Gasteiger charge is -2.35. The molecule has 184 valence electrons. The Bertz CT molecular complexity index is 1080. The Morgan fingerprint density at radius 3 is 2.44 bits per heavy atom. The number of halogens is 2. The van der Waals surface area contributed by atoms with Crippen molar-refractivity contribution in [2.75, 3.05) is 44.2 Å². The molecule has 0 radical (unpaired) electrons. The first-order chi connectivity index (χ1) is 16.1. The standard InChI is InChI=1S/C24H31ClN6O2.ClH/c1-2-22-27-31(24(32)30(22)18-19-33-20-8-4-3-5-9-20)13-7-12-28-14-16-29(17-15-28)23-11-6-10-21(25)26-23;/h3-6,8-11H,2,7,12-19H2,1H3;1H. The van der Waals surface area contributed by atoms with Gasteiger partial charge in [0, 0.05) is 45.7 Å². The normalized spacial score (nSPS) is 14.1. The number of nitrogens with zero attached hydrogens (tertiary/aromatic N) is 6. The van der Waals surface area contributed by atoms with Crippen LogP contribution in [0.5, 0.6) is 5.75 Å². The maximum absolute atomic E-state index is 12.9. The van der Waals surface area contributed by atoms with Crippen molar-refractivity contribution in [3.05, 3.63) is 70.0 Å². The molecule has 0 N–H and O–H groups in total. The number of aromatic nitrogens is 4. The van der Waals surface area contributed by atoms with E-state index in [9.17, 15) is 4.79 Å². The van der Waals surface area contributed by atoms with Gasteiger partial charge < -0.3 is 9.64 Å². The second kappa shape index (κ2) is 12.8. The molecule has 0 saturated carbocycles. The Morgan fingerprint density at radius 1 is 0.971 bits per heavy atom. The number of benzene rings is 1. The van der Waals surface area contributed by atoms with Crippen LogP contribution in [-0.4, -0.2) is 63.6 Å². The van der Waals surface area contributed by atoms with Gasteiger partial charge in [0.2, 0.25) is 0 Å². The highest BCUT2D eigenvalue weighted by atomic mass is 35.5. The third-order valence-corrected chi connectivity index (χ3v) is 6.09. The van der Waals surface area contributed by atoms with E-state index in [4.69, 9.17) is 16.3 Å². The lowest BCUT2D eigenvalue weighted by molar-refractivity contribution is 0.248. The second-order valence-electron chi connectivity index (χ2n) is 8.09. The molecule has 2 aromatic heterocycles. The highest BCUT2D eigenvalue weighted by Crippen LogP contribution is 2.16. The Hall–Kier alpha value is -2.55. The monoisotopic (exact) mass is 506 g/mol. The van der Waals surface area contributed by atoms with Crippen molar-refractivity contribution in [3.8, 4) is 5.75 Å². The maximum atomic E-state index is 12.9. The van der Waals surface area contributed by atoms with Crippen LogP contribution in [0.4, 0.5) is 5.82 Å². The molecule has 0 atom stereocenters. The summed E-state index contributed by atoms with van der Waals surface area (Å²) in [7, 11) is 0. The first kappa shape index (κ1) is 26.1. The Kier molecular flexibility index (Phi) is 9.80. The highest BCUT2D eigenvalue weighted by Gasteiger charge is 2.18. The minimum absolute atomic E-state index is 0. The minimum atomic E-state index is -0.0552. The summed E-state index contributed by atoms with van der Waals surface area (Å²) >= 11 is 6.02. The van der Waals surface area contributed by atoms with Gasteiger partial charge in [0.1, 0.15) is 29.2 Å². The van der Waals surface area contributed by atoms with Crippen LogP contribution in [-0.2, 0) is 19.5 Å². The van der Waals surface area contributed by atoms with Crippen LogP contribution in [0.3, 0.4) is 0 Å². The van der Waals surface area contributed by atoms with Crippen molar-refractivity contribution < 1.29 is 4.74 Å². The molecule has 0 amide bonds. The third-order valence-electron chi connectivity index (χ3n) is 5.88. The van der Waals surface area contributed by atoms with Crippen molar-refractivity contribution in [3.63, 3.8) is 0 Å². The summed E-state index contributed by atoms with van der Waals surface area (Å²) in [5.41, 5.74) is -0.0552. The van der Waals surface area contributed by atoms with Crippen molar-refractivity contribution in [1.82, 2.24) is 24.2 Å². The molecular weight excluding hydrogens is 475 g/mol. The number of aryl methyl sites for hydroxylation is 2. The van der Waals surface area contributed by atoms with Crippen LogP contribution in [0, 0.1) is 0 Å². The van der Waals surface area contributed by atoms with Gasteiger partial charge >= 0.3 is 5.69 Å². The lowest BCUT2D eigenvalue weighted by atomic mass is 10.3. The molecule has 1 fully saturated rings. The summed E-state index contributed by atoms with van der Waals surface area (Å²) < 4.78 is 9.10. The van der Waals surface area contributed by atoms with Gasteiger partial charge in [0.05, 0.1) is 6.54 Å². The summed E-state index contributed by atoms with van der Waals surface area (Å²) in [6.45, 7) is 8.29. The zero-order valence-electron chi connectivity index (χ0n) is 19.5. The molecule has 0 spiro atoms. The Balaban J connectivity index is 0.00000324. The van der Waals surface area contributed by atoms with Crippen LogP contribution < -0.4 is 15.3 Å². The molecule has 3 aromatic rings. The summed E-state index contributed by atoms with van der Waals surface area (Å²) in [6, 6.07) is 15.4. The largest absolute Gasteiger partial charge is 0.492 e. The number of anilines is 1. The van der Waals surface area contributed by atoms with E-state index in [-0.39, 0.29) is 18.1 Å². The van der Waals surface area contributed by atoms with E-state index >= 15 is 0 Å². The van der Waals surface area contributed by atoms with Crippen molar-refractivity contribution >= 4 is 29.8 Å². The van der Waals surface area contributed by atoms with Gasteiger partial charge in [-0.15, -0.1) is 12.4 Å². The van der Waals surface area contributed by atoms with Gasteiger partial charge in [-0.05, 0) is 30.7 Å². The molecule has 0 aliphatic carbocycles. The van der Waals surface area contributed by atoms with Crippen LogP contribution in [0.15, 0.2) is 53.3 Å². The molecule has 10 heteroatoms. The summed E-state index contributed by atoms with van der Waals surface area (Å²) in [5, 5.41) is 5.09. The van der Waals surface area contributed by atoms with Crippen LogP contribution in [0.25, 0.3) is 0 Å². The van der Waals surface area contributed by atoms with Crippen LogP contribution in [0.1, 0.15) is 19.2 Å². The molecule has 0 unspecified atom stereocenters. The van der Waals surface area contributed by atoms with Crippen molar-refractivity contribution in [1.29, 1.82) is 0 Å². The fourth-order valence-corrected chi connectivity index (χ4v) is 4.27. The average Bonchev–Trinajstić information content (AvgIpc) is 3.15. The lowest BCUT2D eigenvalue weighted by Crippen LogP contribution is -2.47. The molecule has 1 aromatic carbocycles. The molecule has 4 rings (SSSR count). The zero-order chi connectivity index (χ0) is 23.0. The predicted molar refractivity (Wildman–Crippen MR) is 138 cm³/mol. The highest BCUT2D eigenvalue weighted by molar-refractivity contribution is 6.29.